The molecule has 1 N–H and O–H groups in total. The molecule has 0 saturated carbocycles. The maximum atomic E-state index is 13.2. The van der Waals surface area contributed by atoms with E-state index in [1.165, 1.54) is 12.1 Å². The molecule has 1 fully saturated rings. The average molecular weight is 535 g/mol. The molecule has 7 nitrogen and oxygen atoms in total. The van der Waals surface area contributed by atoms with Crippen molar-refractivity contribution in [2.45, 2.75) is 13.3 Å². The Morgan fingerprint density at radius 1 is 1.38 bits per heavy atom. The van der Waals surface area contributed by atoms with Crippen LogP contribution >= 0.6 is 35.6 Å². The SMILES string of the molecule is CCNC(=NCCc1ccc(F)cc1Cl)N1CCN(c2cnn(C)c2)C(=O)C1.I. The third kappa shape index (κ3) is 6.05. The number of amides is 1. The minimum atomic E-state index is -0.351. The maximum absolute atomic E-state index is 13.2. The lowest BCUT2D eigenvalue weighted by Crippen LogP contribution is -2.55. The molecule has 158 valence electrons. The van der Waals surface area contributed by atoms with Crippen molar-refractivity contribution in [1.82, 2.24) is 20.0 Å². The molecule has 1 aliphatic rings. The number of carbonyl (C=O) groups excluding carboxylic acids is 1. The summed E-state index contributed by atoms with van der Waals surface area (Å²) in [6.45, 7) is 4.67. The van der Waals surface area contributed by atoms with Crippen LogP contribution in [0.5, 0.6) is 0 Å². The smallest absolute Gasteiger partial charge is 0.246 e. The first-order valence-corrected chi connectivity index (χ1v) is 9.62. The summed E-state index contributed by atoms with van der Waals surface area (Å²) in [5.74, 6) is 0.349. The van der Waals surface area contributed by atoms with Gasteiger partial charge in [-0.3, -0.25) is 14.5 Å². The second-order valence-electron chi connectivity index (χ2n) is 6.56. The van der Waals surface area contributed by atoms with Crippen molar-refractivity contribution in [2.24, 2.45) is 12.0 Å². The molecule has 0 bridgehead atoms. The van der Waals surface area contributed by atoms with Gasteiger partial charge in [0.1, 0.15) is 12.4 Å². The first kappa shape index (κ1) is 23.4. The molecule has 3 rings (SSSR count). The summed E-state index contributed by atoms with van der Waals surface area (Å²) in [7, 11) is 1.83. The van der Waals surface area contributed by atoms with Crippen molar-refractivity contribution in [3.05, 3.63) is 47.0 Å². The van der Waals surface area contributed by atoms with Crippen molar-refractivity contribution in [1.29, 1.82) is 0 Å². The van der Waals surface area contributed by atoms with Crippen LogP contribution in [0, 0.1) is 5.82 Å². The number of halogens is 3. The molecule has 1 aliphatic heterocycles. The predicted molar refractivity (Wildman–Crippen MR) is 124 cm³/mol. The van der Waals surface area contributed by atoms with Crippen LogP contribution in [0.25, 0.3) is 0 Å². The number of rotatable bonds is 5. The number of nitrogens with zero attached hydrogens (tertiary/aromatic N) is 5. The van der Waals surface area contributed by atoms with Crippen LogP contribution in [0.1, 0.15) is 12.5 Å². The lowest BCUT2D eigenvalue weighted by molar-refractivity contribution is -0.120. The lowest BCUT2D eigenvalue weighted by Gasteiger charge is -2.35. The van der Waals surface area contributed by atoms with Gasteiger partial charge in [0.05, 0.1) is 11.9 Å². The van der Waals surface area contributed by atoms with Gasteiger partial charge in [-0.25, -0.2) is 4.39 Å². The van der Waals surface area contributed by atoms with Gasteiger partial charge in [-0.1, -0.05) is 17.7 Å². The van der Waals surface area contributed by atoms with E-state index in [1.807, 2.05) is 25.1 Å². The molecule has 29 heavy (non-hydrogen) atoms. The number of aromatic nitrogens is 2. The fourth-order valence-electron chi connectivity index (χ4n) is 3.11. The third-order valence-corrected chi connectivity index (χ3v) is 4.87. The highest BCUT2D eigenvalue weighted by molar-refractivity contribution is 14.0. The predicted octanol–water partition coefficient (Wildman–Crippen LogP) is 2.69. The van der Waals surface area contributed by atoms with Gasteiger partial charge >= 0.3 is 0 Å². The summed E-state index contributed by atoms with van der Waals surface area (Å²) >= 11 is 6.08. The summed E-state index contributed by atoms with van der Waals surface area (Å²) < 4.78 is 14.8. The van der Waals surface area contributed by atoms with E-state index in [4.69, 9.17) is 11.6 Å². The average Bonchev–Trinajstić information content (AvgIpc) is 3.08. The molecule has 0 aliphatic carbocycles. The summed E-state index contributed by atoms with van der Waals surface area (Å²) in [5, 5.41) is 7.77. The van der Waals surface area contributed by atoms with Gasteiger partial charge in [-0.15, -0.1) is 24.0 Å². The van der Waals surface area contributed by atoms with Crippen LogP contribution in [0.15, 0.2) is 35.6 Å². The van der Waals surface area contributed by atoms with Crippen molar-refractivity contribution in [3.63, 3.8) is 0 Å². The fraction of sp³-hybridized carbons (Fsp3) is 0.421. The zero-order valence-corrected chi connectivity index (χ0v) is 19.5. The van der Waals surface area contributed by atoms with Crippen LogP contribution in [0.2, 0.25) is 5.02 Å². The van der Waals surface area contributed by atoms with E-state index in [0.717, 1.165) is 11.3 Å². The van der Waals surface area contributed by atoms with Gasteiger partial charge < -0.3 is 15.1 Å². The first-order chi connectivity index (χ1) is 13.5. The molecule has 0 radical (unpaired) electrons. The largest absolute Gasteiger partial charge is 0.357 e. The van der Waals surface area contributed by atoms with E-state index >= 15 is 0 Å². The number of aryl methyl sites for hydroxylation is 1. The lowest BCUT2D eigenvalue weighted by atomic mass is 10.1. The summed E-state index contributed by atoms with van der Waals surface area (Å²) in [6.07, 6.45) is 4.12. The molecule has 1 amide bonds. The van der Waals surface area contributed by atoms with E-state index in [2.05, 4.69) is 15.4 Å². The minimum Gasteiger partial charge on any atom is -0.357 e. The Morgan fingerprint density at radius 2 is 2.17 bits per heavy atom. The topological polar surface area (TPSA) is 65.8 Å². The molecule has 0 unspecified atom stereocenters. The van der Waals surface area contributed by atoms with E-state index < -0.39 is 0 Å². The van der Waals surface area contributed by atoms with Gasteiger partial charge in [0.15, 0.2) is 5.96 Å². The standard InChI is InChI=1S/C19H24ClFN6O.HI/c1-3-22-19(23-7-6-14-4-5-15(21)10-17(14)20)26-8-9-27(18(28)13-26)16-11-24-25(2)12-16;/h4-5,10-12H,3,6-9,13H2,1-2H3,(H,22,23);1H. The van der Waals surface area contributed by atoms with Crippen molar-refractivity contribution >= 4 is 53.1 Å². The van der Waals surface area contributed by atoms with Crippen LogP contribution in [-0.2, 0) is 18.3 Å². The Morgan fingerprint density at radius 3 is 2.79 bits per heavy atom. The normalized spacial score (nSPS) is 14.8. The van der Waals surface area contributed by atoms with Crippen molar-refractivity contribution < 1.29 is 9.18 Å². The number of aliphatic imine (C=N–C) groups is 1. The van der Waals surface area contributed by atoms with E-state index in [9.17, 15) is 9.18 Å². The van der Waals surface area contributed by atoms with Gasteiger partial charge in [0.2, 0.25) is 5.91 Å². The summed E-state index contributed by atoms with van der Waals surface area (Å²) in [4.78, 5) is 20.9. The van der Waals surface area contributed by atoms with E-state index in [0.29, 0.717) is 43.6 Å². The second kappa shape index (κ2) is 10.8. The Bertz CT molecular complexity index is 874. The molecule has 0 spiro atoms. The minimum absolute atomic E-state index is 0. The molecule has 1 aromatic carbocycles. The van der Waals surface area contributed by atoms with Gasteiger partial charge in [0, 0.05) is 44.4 Å². The number of hydrogen-bond donors (Lipinski definition) is 1. The van der Waals surface area contributed by atoms with Gasteiger partial charge in [0.25, 0.3) is 0 Å². The molecule has 10 heteroatoms. The van der Waals surface area contributed by atoms with Crippen LogP contribution in [0.4, 0.5) is 10.1 Å². The number of guanidine groups is 1. The highest BCUT2D eigenvalue weighted by atomic mass is 127. The van der Waals surface area contributed by atoms with Crippen LogP contribution in [-0.4, -0.2) is 59.3 Å². The summed E-state index contributed by atoms with van der Waals surface area (Å²) in [5.41, 5.74) is 1.65. The van der Waals surface area contributed by atoms with Gasteiger partial charge in [-0.2, -0.15) is 5.10 Å². The molecular formula is C19H25ClFIN6O. The number of benzene rings is 1. The number of nitrogens with one attached hydrogen (secondary N) is 1. The maximum Gasteiger partial charge on any atom is 0.246 e. The zero-order chi connectivity index (χ0) is 20.1. The molecular weight excluding hydrogens is 510 g/mol. The Labute approximate surface area is 191 Å². The monoisotopic (exact) mass is 534 g/mol. The van der Waals surface area contributed by atoms with Crippen LogP contribution in [0.3, 0.4) is 0 Å². The third-order valence-electron chi connectivity index (χ3n) is 4.52. The highest BCUT2D eigenvalue weighted by Gasteiger charge is 2.27. The molecule has 2 heterocycles. The first-order valence-electron chi connectivity index (χ1n) is 9.24. The number of hydrogen-bond acceptors (Lipinski definition) is 3. The number of piperazine rings is 1. The Hall–Kier alpha value is -1.88. The second-order valence-corrected chi connectivity index (χ2v) is 6.97. The van der Waals surface area contributed by atoms with Gasteiger partial charge in [-0.05, 0) is 31.0 Å². The zero-order valence-electron chi connectivity index (χ0n) is 16.4. The number of anilines is 1. The fourth-order valence-corrected chi connectivity index (χ4v) is 3.37. The van der Waals surface area contributed by atoms with Crippen molar-refractivity contribution in [2.75, 3.05) is 37.6 Å². The molecule has 1 aromatic heterocycles. The molecule has 2 aromatic rings. The Balaban J connectivity index is 0.00000300. The highest BCUT2D eigenvalue weighted by Crippen LogP contribution is 2.18. The van der Waals surface area contributed by atoms with E-state index in [1.54, 1.807) is 21.8 Å². The molecule has 0 atom stereocenters. The Kier molecular flexibility index (Phi) is 8.69. The van der Waals surface area contributed by atoms with Crippen LogP contribution < -0.4 is 10.2 Å². The van der Waals surface area contributed by atoms with E-state index in [-0.39, 0.29) is 42.2 Å². The summed E-state index contributed by atoms with van der Waals surface area (Å²) in [6, 6.07) is 4.38. The molecule has 1 saturated heterocycles. The number of carbonyl (C=O) groups is 1. The van der Waals surface area contributed by atoms with Crippen molar-refractivity contribution in [3.8, 4) is 0 Å². The quantitative estimate of drug-likeness (QED) is 0.364.